The first-order valence-corrected chi connectivity index (χ1v) is 6.08. The van der Waals surface area contributed by atoms with Crippen LogP contribution in [0.4, 0.5) is 5.00 Å². The van der Waals surface area contributed by atoms with Crippen molar-refractivity contribution in [2.24, 2.45) is 0 Å². The third kappa shape index (κ3) is 3.40. The molecule has 0 aliphatic heterocycles. The van der Waals surface area contributed by atoms with Crippen molar-refractivity contribution in [3.8, 4) is 0 Å². The Bertz CT molecular complexity index is 479. The van der Waals surface area contributed by atoms with E-state index < -0.39 is 0 Å². The average Bonchev–Trinajstić information content (AvgIpc) is 2.96. The Morgan fingerprint density at radius 3 is 3.06 bits per heavy atom. The van der Waals surface area contributed by atoms with Crippen LogP contribution in [-0.4, -0.2) is 11.5 Å². The van der Waals surface area contributed by atoms with Crippen LogP contribution in [0, 0.1) is 10.1 Å². The summed E-state index contributed by atoms with van der Waals surface area (Å²) in [5, 5.41) is 15.7. The van der Waals surface area contributed by atoms with Gasteiger partial charge in [-0.1, -0.05) is 11.3 Å². The number of rotatable bonds is 6. The molecule has 17 heavy (non-hydrogen) atoms. The molecule has 0 spiro atoms. The molecule has 0 atom stereocenters. The summed E-state index contributed by atoms with van der Waals surface area (Å²) in [6, 6.07) is 5.39. The van der Waals surface area contributed by atoms with Crippen LogP contribution in [0.5, 0.6) is 0 Å². The minimum Gasteiger partial charge on any atom is -0.469 e. The van der Waals surface area contributed by atoms with E-state index >= 15 is 0 Å². The molecule has 0 saturated carbocycles. The first-order chi connectivity index (χ1) is 8.25. The minimum atomic E-state index is -0.364. The molecule has 1 N–H and O–H groups in total. The molecule has 90 valence electrons. The fourth-order valence-corrected chi connectivity index (χ4v) is 2.18. The smallest absolute Gasteiger partial charge is 0.324 e. The zero-order chi connectivity index (χ0) is 12.1. The molecule has 0 radical (unpaired) electrons. The van der Waals surface area contributed by atoms with Crippen molar-refractivity contribution >= 4 is 16.3 Å². The van der Waals surface area contributed by atoms with Gasteiger partial charge in [0.1, 0.15) is 5.76 Å². The van der Waals surface area contributed by atoms with E-state index in [1.165, 1.54) is 0 Å². The van der Waals surface area contributed by atoms with Crippen molar-refractivity contribution in [3.05, 3.63) is 51.3 Å². The molecule has 5 nitrogen and oxygen atoms in total. The standard InChI is InChI=1S/C11H12N2O3S/c14-13(15)11-6-9(8-17-11)7-12-4-3-10-2-1-5-16-10/h1-2,5-6,8,12H,3-4,7H2. The van der Waals surface area contributed by atoms with Crippen LogP contribution in [0.3, 0.4) is 0 Å². The topological polar surface area (TPSA) is 68.3 Å². The van der Waals surface area contributed by atoms with Gasteiger partial charge in [0.25, 0.3) is 0 Å². The summed E-state index contributed by atoms with van der Waals surface area (Å²) in [7, 11) is 0. The summed E-state index contributed by atoms with van der Waals surface area (Å²) in [5.74, 6) is 0.939. The largest absolute Gasteiger partial charge is 0.469 e. The lowest BCUT2D eigenvalue weighted by Gasteiger charge is -2.00. The van der Waals surface area contributed by atoms with Crippen molar-refractivity contribution in [2.45, 2.75) is 13.0 Å². The average molecular weight is 252 g/mol. The normalized spacial score (nSPS) is 10.6. The van der Waals surface area contributed by atoms with Crippen molar-refractivity contribution in [3.63, 3.8) is 0 Å². The number of thiophene rings is 1. The monoisotopic (exact) mass is 252 g/mol. The highest BCUT2D eigenvalue weighted by Crippen LogP contribution is 2.22. The lowest BCUT2D eigenvalue weighted by molar-refractivity contribution is -0.380. The fraction of sp³-hybridized carbons (Fsp3) is 0.273. The molecule has 0 fully saturated rings. The Morgan fingerprint density at radius 2 is 2.41 bits per heavy atom. The van der Waals surface area contributed by atoms with Crippen LogP contribution in [0.15, 0.2) is 34.3 Å². The molecule has 2 aromatic rings. The predicted octanol–water partition coefficient (Wildman–Crippen LogP) is 2.58. The molecule has 0 amide bonds. The molecule has 2 heterocycles. The van der Waals surface area contributed by atoms with Gasteiger partial charge in [0.15, 0.2) is 0 Å². The van der Waals surface area contributed by atoms with Gasteiger partial charge in [0.2, 0.25) is 0 Å². The van der Waals surface area contributed by atoms with E-state index in [1.54, 1.807) is 17.7 Å². The Morgan fingerprint density at radius 1 is 1.53 bits per heavy atom. The first kappa shape index (κ1) is 11.8. The summed E-state index contributed by atoms with van der Waals surface area (Å²) < 4.78 is 5.19. The van der Waals surface area contributed by atoms with E-state index in [9.17, 15) is 10.1 Å². The Kier molecular flexibility index (Phi) is 3.89. The molecule has 2 aromatic heterocycles. The molecule has 0 saturated heterocycles. The van der Waals surface area contributed by atoms with E-state index in [2.05, 4.69) is 5.32 Å². The van der Waals surface area contributed by atoms with E-state index in [0.717, 1.165) is 35.6 Å². The van der Waals surface area contributed by atoms with Crippen molar-refractivity contribution in [1.82, 2.24) is 5.32 Å². The molecule has 6 heteroatoms. The van der Waals surface area contributed by atoms with E-state index in [-0.39, 0.29) is 9.92 Å². The summed E-state index contributed by atoms with van der Waals surface area (Å²) in [5.41, 5.74) is 0.946. The van der Waals surface area contributed by atoms with Crippen LogP contribution in [0.25, 0.3) is 0 Å². The van der Waals surface area contributed by atoms with Crippen molar-refractivity contribution < 1.29 is 9.34 Å². The molecule has 0 aromatic carbocycles. The van der Waals surface area contributed by atoms with Crippen LogP contribution < -0.4 is 5.32 Å². The molecule has 0 aliphatic rings. The molecule has 0 aliphatic carbocycles. The summed E-state index contributed by atoms with van der Waals surface area (Å²) >= 11 is 1.16. The highest BCUT2D eigenvalue weighted by Gasteiger charge is 2.08. The van der Waals surface area contributed by atoms with E-state index in [1.807, 2.05) is 12.1 Å². The van der Waals surface area contributed by atoms with Gasteiger partial charge in [-0.25, -0.2) is 0 Å². The van der Waals surface area contributed by atoms with Crippen LogP contribution >= 0.6 is 11.3 Å². The number of hydrogen-bond acceptors (Lipinski definition) is 5. The first-order valence-electron chi connectivity index (χ1n) is 5.20. The molecular weight excluding hydrogens is 240 g/mol. The fourth-order valence-electron chi connectivity index (χ4n) is 1.45. The van der Waals surface area contributed by atoms with Crippen molar-refractivity contribution in [2.75, 3.05) is 6.54 Å². The van der Waals surface area contributed by atoms with Gasteiger partial charge < -0.3 is 9.73 Å². The molecular formula is C11H12N2O3S. The zero-order valence-electron chi connectivity index (χ0n) is 9.09. The second-order valence-electron chi connectivity index (χ2n) is 3.56. The lowest BCUT2D eigenvalue weighted by atomic mass is 10.3. The number of nitro groups is 1. The predicted molar refractivity (Wildman–Crippen MR) is 65.1 cm³/mol. The second kappa shape index (κ2) is 5.60. The van der Waals surface area contributed by atoms with Crippen molar-refractivity contribution in [1.29, 1.82) is 0 Å². The quantitative estimate of drug-likeness (QED) is 0.487. The maximum absolute atomic E-state index is 10.5. The van der Waals surface area contributed by atoms with Gasteiger partial charge in [0.05, 0.1) is 11.2 Å². The highest BCUT2D eigenvalue weighted by molar-refractivity contribution is 7.13. The maximum atomic E-state index is 10.5. The molecule has 0 unspecified atom stereocenters. The summed E-state index contributed by atoms with van der Waals surface area (Å²) in [6.45, 7) is 1.43. The van der Waals surface area contributed by atoms with Crippen LogP contribution in [0.2, 0.25) is 0 Å². The molecule has 2 rings (SSSR count). The van der Waals surface area contributed by atoms with Gasteiger partial charge >= 0.3 is 5.00 Å². The molecule has 0 bridgehead atoms. The minimum absolute atomic E-state index is 0.188. The van der Waals surface area contributed by atoms with Crippen LogP contribution in [-0.2, 0) is 13.0 Å². The van der Waals surface area contributed by atoms with Gasteiger partial charge in [-0.2, -0.15) is 0 Å². The third-order valence-corrected chi connectivity index (χ3v) is 3.21. The van der Waals surface area contributed by atoms with Crippen LogP contribution in [0.1, 0.15) is 11.3 Å². The Hall–Kier alpha value is -1.66. The third-order valence-electron chi connectivity index (χ3n) is 2.28. The SMILES string of the molecule is O=[N+]([O-])c1cc(CNCCc2ccco2)cs1. The van der Waals surface area contributed by atoms with Gasteiger partial charge in [0, 0.05) is 31.0 Å². The lowest BCUT2D eigenvalue weighted by Crippen LogP contribution is -2.15. The number of furan rings is 1. The Balaban J connectivity index is 1.72. The number of nitrogens with one attached hydrogen (secondary N) is 1. The van der Waals surface area contributed by atoms with Gasteiger partial charge in [-0.3, -0.25) is 10.1 Å². The van der Waals surface area contributed by atoms with E-state index in [4.69, 9.17) is 4.42 Å². The second-order valence-corrected chi connectivity index (χ2v) is 4.45. The number of nitrogens with zero attached hydrogens (tertiary/aromatic N) is 1. The van der Waals surface area contributed by atoms with E-state index in [0.29, 0.717) is 6.54 Å². The van der Waals surface area contributed by atoms with Gasteiger partial charge in [-0.05, 0) is 17.7 Å². The summed E-state index contributed by atoms with van der Waals surface area (Å²) in [4.78, 5) is 10.1. The highest BCUT2D eigenvalue weighted by atomic mass is 32.1. The number of hydrogen-bond donors (Lipinski definition) is 1. The Labute approximate surface area is 102 Å². The maximum Gasteiger partial charge on any atom is 0.324 e. The zero-order valence-corrected chi connectivity index (χ0v) is 9.90. The van der Waals surface area contributed by atoms with Gasteiger partial charge in [-0.15, -0.1) is 0 Å². The summed E-state index contributed by atoms with van der Waals surface area (Å²) in [6.07, 6.45) is 2.47.